The Labute approximate surface area is 63.7 Å². The minimum Gasteiger partial charge on any atom is -0.235 e. The smallest absolute Gasteiger partial charge is 0.0372 e. The quantitative estimate of drug-likeness (QED) is 0.636. The zero-order valence-electron chi connectivity index (χ0n) is 6.41. The first-order valence-corrected chi connectivity index (χ1v) is 4.46. The van der Waals surface area contributed by atoms with E-state index in [1.165, 1.54) is 5.56 Å². The summed E-state index contributed by atoms with van der Waals surface area (Å²) in [5, 5.41) is 0. The lowest BCUT2D eigenvalue weighted by atomic mass is 10.1. The molecule has 0 saturated carbocycles. The van der Waals surface area contributed by atoms with Crippen LogP contribution >= 0.6 is 8.35 Å². The number of hydrogen-bond acceptors (Lipinski definition) is 1. The van der Waals surface area contributed by atoms with Gasteiger partial charge in [0.15, 0.2) is 0 Å². The fourth-order valence-corrected chi connectivity index (χ4v) is 1.46. The van der Waals surface area contributed by atoms with E-state index in [2.05, 4.69) is 30.5 Å². The van der Waals surface area contributed by atoms with Gasteiger partial charge in [0.25, 0.3) is 0 Å². The average molecular weight is 153 g/mol. The topological polar surface area (TPSA) is 12.9 Å². The van der Waals surface area contributed by atoms with Crippen molar-refractivity contribution in [3.05, 3.63) is 23.6 Å². The molecule has 0 amide bonds. The van der Waals surface area contributed by atoms with Gasteiger partial charge in [0.05, 0.1) is 0 Å². The molecule has 0 N–H and O–H groups in total. The lowest BCUT2D eigenvalue weighted by Gasteiger charge is -2.01. The van der Waals surface area contributed by atoms with Crippen LogP contribution in [0.3, 0.4) is 0 Å². The zero-order valence-corrected chi connectivity index (χ0v) is 7.31. The average Bonchev–Trinajstić information content (AvgIpc) is 1.88. The second-order valence-corrected chi connectivity index (χ2v) is 3.61. The Kier molecular flexibility index (Phi) is 2.82. The Morgan fingerprint density at radius 1 is 1.60 bits per heavy atom. The maximum Gasteiger partial charge on any atom is 0.0372 e. The summed E-state index contributed by atoms with van der Waals surface area (Å²) in [6.45, 7) is 4.45. The molecule has 1 rings (SSSR count). The van der Waals surface area contributed by atoms with E-state index in [1.54, 1.807) is 0 Å². The van der Waals surface area contributed by atoms with Crippen LogP contribution in [0.15, 0.2) is 18.1 Å². The molecule has 1 nitrogen and oxygen atoms in total. The van der Waals surface area contributed by atoms with Gasteiger partial charge in [-0.25, -0.2) is 4.75 Å². The molecule has 54 valence electrons. The van der Waals surface area contributed by atoms with Gasteiger partial charge in [-0.1, -0.05) is 19.9 Å². The van der Waals surface area contributed by atoms with Crippen LogP contribution in [-0.4, -0.2) is 4.75 Å². The minimum atomic E-state index is 0.737. The summed E-state index contributed by atoms with van der Waals surface area (Å²) in [5.74, 6) is 2.82. The number of nitrogens with zero attached hydrogens (tertiary/aromatic N) is 1. The minimum absolute atomic E-state index is 0.737. The van der Waals surface area contributed by atoms with Crippen LogP contribution in [0.4, 0.5) is 0 Å². The molecular formula is C8H12NP. The summed E-state index contributed by atoms with van der Waals surface area (Å²) < 4.78 is 4.13. The Balaban J connectivity index is 2.59. The molecule has 0 fully saturated rings. The molecule has 0 aliphatic rings. The van der Waals surface area contributed by atoms with E-state index in [4.69, 9.17) is 0 Å². The molecule has 1 aromatic heterocycles. The van der Waals surface area contributed by atoms with E-state index in [0.29, 0.717) is 0 Å². The third kappa shape index (κ3) is 2.45. The molecule has 0 spiro atoms. The lowest BCUT2D eigenvalue weighted by Crippen LogP contribution is -1.92. The summed E-state index contributed by atoms with van der Waals surface area (Å²) in [4.78, 5) is 0. The number of rotatable bonds is 2. The second-order valence-electron chi connectivity index (χ2n) is 2.85. The molecule has 0 bridgehead atoms. The molecule has 2 heteroatoms. The highest BCUT2D eigenvalue weighted by Gasteiger charge is 1.95. The molecule has 0 unspecified atom stereocenters. The monoisotopic (exact) mass is 153 g/mol. The predicted molar refractivity (Wildman–Crippen MR) is 45.3 cm³/mol. The van der Waals surface area contributed by atoms with Crippen molar-refractivity contribution in [2.24, 2.45) is 5.92 Å². The van der Waals surface area contributed by atoms with Crippen molar-refractivity contribution in [1.82, 2.24) is 4.75 Å². The molecule has 0 aromatic carbocycles. The summed E-state index contributed by atoms with van der Waals surface area (Å²) in [5.41, 5.74) is 1.36. The van der Waals surface area contributed by atoms with Crippen LogP contribution in [0.5, 0.6) is 0 Å². The number of hydrogen-bond donors (Lipinski definition) is 0. The standard InChI is InChI=1S/C8H12NP/c1-7(2)5-8-3-4-10-9-6-8/h3-4,6-7H,5H2,1-2H3. The first-order chi connectivity index (χ1) is 4.79. The van der Waals surface area contributed by atoms with Gasteiger partial charge in [0.2, 0.25) is 0 Å². The van der Waals surface area contributed by atoms with E-state index < -0.39 is 0 Å². The molecule has 10 heavy (non-hydrogen) atoms. The maximum absolute atomic E-state index is 4.13. The molecular weight excluding hydrogens is 141 g/mol. The lowest BCUT2D eigenvalue weighted by molar-refractivity contribution is 0.646. The van der Waals surface area contributed by atoms with Crippen LogP contribution in [0.1, 0.15) is 19.4 Å². The van der Waals surface area contributed by atoms with Crippen molar-refractivity contribution >= 4 is 8.35 Å². The normalized spacial score (nSPS) is 11.1. The largest absolute Gasteiger partial charge is 0.235 e. The van der Waals surface area contributed by atoms with Gasteiger partial charge in [0, 0.05) is 14.5 Å². The first kappa shape index (κ1) is 7.68. The van der Waals surface area contributed by atoms with Crippen LogP contribution in [0.2, 0.25) is 0 Å². The van der Waals surface area contributed by atoms with Crippen LogP contribution in [0, 0.1) is 5.92 Å². The predicted octanol–water partition coefficient (Wildman–Crippen LogP) is 2.86. The van der Waals surface area contributed by atoms with Gasteiger partial charge >= 0.3 is 0 Å². The van der Waals surface area contributed by atoms with Crippen molar-refractivity contribution in [1.29, 1.82) is 0 Å². The fourth-order valence-electron chi connectivity index (χ4n) is 0.910. The SMILES string of the molecule is CC(C)Cc1ccpnc1. The van der Waals surface area contributed by atoms with Crippen molar-refractivity contribution < 1.29 is 0 Å². The second kappa shape index (κ2) is 3.68. The highest BCUT2D eigenvalue weighted by atomic mass is 31.0. The highest BCUT2D eigenvalue weighted by Crippen LogP contribution is 2.08. The van der Waals surface area contributed by atoms with Crippen molar-refractivity contribution in [3.63, 3.8) is 0 Å². The van der Waals surface area contributed by atoms with Gasteiger partial charge in [-0.15, -0.1) is 0 Å². The van der Waals surface area contributed by atoms with E-state index in [-0.39, 0.29) is 0 Å². The number of aromatic nitrogens is 1. The first-order valence-electron chi connectivity index (χ1n) is 3.54. The third-order valence-corrected chi connectivity index (χ3v) is 1.82. The van der Waals surface area contributed by atoms with Crippen LogP contribution in [0.25, 0.3) is 0 Å². The van der Waals surface area contributed by atoms with E-state index in [9.17, 15) is 0 Å². The van der Waals surface area contributed by atoms with E-state index >= 15 is 0 Å². The van der Waals surface area contributed by atoms with E-state index in [1.807, 2.05) is 6.20 Å². The Morgan fingerprint density at radius 3 is 2.90 bits per heavy atom. The summed E-state index contributed by atoms with van der Waals surface area (Å²) in [6.07, 6.45) is 3.12. The van der Waals surface area contributed by atoms with Crippen molar-refractivity contribution in [3.8, 4) is 0 Å². The summed E-state index contributed by atoms with van der Waals surface area (Å²) in [7, 11) is 1.07. The summed E-state index contributed by atoms with van der Waals surface area (Å²) in [6, 6.07) is 2.16. The molecule has 0 aliphatic carbocycles. The molecule has 0 aliphatic heterocycles. The molecule has 0 saturated heterocycles. The molecule has 0 atom stereocenters. The Hall–Kier alpha value is -0.420. The molecule has 1 heterocycles. The zero-order chi connectivity index (χ0) is 7.40. The fraction of sp³-hybridized carbons (Fsp3) is 0.500. The van der Waals surface area contributed by atoms with Crippen molar-refractivity contribution in [2.75, 3.05) is 0 Å². The third-order valence-electron chi connectivity index (χ3n) is 1.29. The summed E-state index contributed by atoms with van der Waals surface area (Å²) >= 11 is 0. The molecule has 1 aromatic rings. The Morgan fingerprint density at radius 2 is 2.40 bits per heavy atom. The van der Waals surface area contributed by atoms with Gasteiger partial charge in [0.1, 0.15) is 0 Å². The van der Waals surface area contributed by atoms with Gasteiger partial charge in [-0.3, -0.25) is 0 Å². The molecule has 0 radical (unpaired) electrons. The van der Waals surface area contributed by atoms with Gasteiger partial charge in [-0.05, 0) is 23.7 Å². The Bertz CT molecular complexity index is 184. The van der Waals surface area contributed by atoms with Crippen molar-refractivity contribution in [2.45, 2.75) is 20.3 Å². The van der Waals surface area contributed by atoms with Gasteiger partial charge < -0.3 is 0 Å². The maximum atomic E-state index is 4.13. The highest BCUT2D eigenvalue weighted by molar-refractivity contribution is 7.24. The van der Waals surface area contributed by atoms with Crippen LogP contribution in [-0.2, 0) is 6.42 Å². The van der Waals surface area contributed by atoms with E-state index in [0.717, 1.165) is 20.7 Å². The van der Waals surface area contributed by atoms with Gasteiger partial charge in [-0.2, -0.15) is 0 Å². The van der Waals surface area contributed by atoms with Crippen LogP contribution < -0.4 is 0 Å².